The molecule has 2 aromatic heterocycles. The van der Waals surface area contributed by atoms with E-state index in [0.717, 1.165) is 23.5 Å². The van der Waals surface area contributed by atoms with E-state index in [2.05, 4.69) is 10.3 Å². The van der Waals surface area contributed by atoms with E-state index in [1.807, 2.05) is 0 Å². The lowest BCUT2D eigenvalue weighted by Crippen LogP contribution is -2.20. The highest BCUT2D eigenvalue weighted by Gasteiger charge is 2.30. The van der Waals surface area contributed by atoms with E-state index >= 15 is 0 Å². The molecule has 0 bridgehead atoms. The van der Waals surface area contributed by atoms with Crippen LogP contribution in [0.1, 0.15) is 32.4 Å². The van der Waals surface area contributed by atoms with Gasteiger partial charge in [0.25, 0.3) is 5.91 Å². The Kier molecular flexibility index (Phi) is 5.78. The third-order valence-electron chi connectivity index (χ3n) is 4.52. The van der Waals surface area contributed by atoms with Gasteiger partial charge >= 0.3 is 0 Å². The van der Waals surface area contributed by atoms with Crippen LogP contribution in [0.4, 0.5) is 8.78 Å². The largest absolute Gasteiger partial charge is 0.365 e. The number of aromatic nitrogens is 3. The Labute approximate surface area is 169 Å². The van der Waals surface area contributed by atoms with E-state index in [0.29, 0.717) is 32.4 Å². The summed E-state index contributed by atoms with van der Waals surface area (Å²) in [5.41, 5.74) is 14.6. The molecular formula is C18H18ClF2N5OS. The van der Waals surface area contributed by atoms with Gasteiger partial charge in [-0.15, -0.1) is 16.4 Å². The number of rotatable bonds is 6. The summed E-state index contributed by atoms with van der Waals surface area (Å²) in [4.78, 5) is 12.4. The minimum Gasteiger partial charge on any atom is -0.365 e. The SMILES string of the molecule is Cc1nnn(C)c1-c1c(Cl)sc(C(N)=O)c1[C@@H](CN)Cc1ccc(F)c(F)c1. The van der Waals surface area contributed by atoms with Crippen LogP contribution >= 0.6 is 22.9 Å². The summed E-state index contributed by atoms with van der Waals surface area (Å²) in [6, 6.07) is 3.66. The van der Waals surface area contributed by atoms with Crippen molar-refractivity contribution in [3.63, 3.8) is 0 Å². The van der Waals surface area contributed by atoms with Crippen molar-refractivity contribution in [2.45, 2.75) is 19.3 Å². The first-order valence-corrected chi connectivity index (χ1v) is 9.56. The van der Waals surface area contributed by atoms with E-state index in [1.165, 1.54) is 6.07 Å². The maximum atomic E-state index is 13.6. The van der Waals surface area contributed by atoms with Crippen LogP contribution < -0.4 is 11.5 Å². The molecule has 0 radical (unpaired) electrons. The predicted octanol–water partition coefficient (Wildman–Crippen LogP) is 3.17. The Hall–Kier alpha value is -2.36. The highest BCUT2D eigenvalue weighted by molar-refractivity contribution is 7.18. The molecule has 3 aromatic rings. The molecule has 10 heteroatoms. The summed E-state index contributed by atoms with van der Waals surface area (Å²) in [7, 11) is 1.71. The molecule has 6 nitrogen and oxygen atoms in total. The van der Waals surface area contributed by atoms with E-state index < -0.39 is 23.5 Å². The Morgan fingerprint density at radius 2 is 2.07 bits per heavy atom. The van der Waals surface area contributed by atoms with Crippen LogP contribution in [0.25, 0.3) is 11.3 Å². The third-order valence-corrected chi connectivity index (χ3v) is 5.95. The van der Waals surface area contributed by atoms with Gasteiger partial charge in [0.1, 0.15) is 4.34 Å². The van der Waals surface area contributed by atoms with Crippen molar-refractivity contribution < 1.29 is 13.6 Å². The summed E-state index contributed by atoms with van der Waals surface area (Å²) < 4.78 is 28.8. The Balaban J connectivity index is 2.17. The normalized spacial score (nSPS) is 12.4. The summed E-state index contributed by atoms with van der Waals surface area (Å²) in [6.45, 7) is 1.92. The molecule has 4 N–H and O–H groups in total. The first kappa shape index (κ1) is 20.4. The second kappa shape index (κ2) is 7.94. The molecule has 0 saturated heterocycles. The van der Waals surface area contributed by atoms with E-state index in [9.17, 15) is 13.6 Å². The molecule has 1 amide bonds. The molecule has 0 unspecified atom stereocenters. The van der Waals surface area contributed by atoms with Crippen LogP contribution in [-0.4, -0.2) is 27.4 Å². The molecular weight excluding hydrogens is 408 g/mol. The second-order valence-electron chi connectivity index (χ2n) is 6.39. The number of hydrogen-bond donors (Lipinski definition) is 2. The zero-order chi connectivity index (χ0) is 20.6. The highest BCUT2D eigenvalue weighted by Crippen LogP contribution is 2.44. The van der Waals surface area contributed by atoms with Crippen LogP contribution in [0, 0.1) is 18.6 Å². The van der Waals surface area contributed by atoms with Gasteiger partial charge in [-0.1, -0.05) is 22.9 Å². The lowest BCUT2D eigenvalue weighted by atomic mass is 9.88. The minimum absolute atomic E-state index is 0.143. The number of primary amides is 1. The quantitative estimate of drug-likeness (QED) is 0.633. The minimum atomic E-state index is -0.946. The Morgan fingerprint density at radius 1 is 1.36 bits per heavy atom. The number of carbonyl (C=O) groups excluding carboxylic acids is 1. The Bertz CT molecular complexity index is 1030. The number of halogens is 3. The molecule has 148 valence electrons. The molecule has 1 aromatic carbocycles. The van der Waals surface area contributed by atoms with Gasteiger partial charge in [-0.2, -0.15) is 0 Å². The monoisotopic (exact) mass is 425 g/mol. The fourth-order valence-electron chi connectivity index (χ4n) is 3.27. The average molecular weight is 426 g/mol. The van der Waals surface area contributed by atoms with Gasteiger partial charge in [0.15, 0.2) is 11.6 Å². The van der Waals surface area contributed by atoms with Gasteiger partial charge in [0.05, 0.1) is 16.3 Å². The molecule has 0 saturated carbocycles. The molecule has 0 aliphatic heterocycles. The number of carbonyl (C=O) groups is 1. The number of thiophene rings is 1. The molecule has 2 heterocycles. The van der Waals surface area contributed by atoms with Crippen molar-refractivity contribution in [1.29, 1.82) is 0 Å². The van der Waals surface area contributed by atoms with Crippen molar-refractivity contribution in [2.75, 3.05) is 6.54 Å². The molecule has 3 rings (SSSR count). The van der Waals surface area contributed by atoms with E-state index in [-0.39, 0.29) is 17.8 Å². The van der Waals surface area contributed by atoms with Crippen molar-refractivity contribution in [2.24, 2.45) is 18.5 Å². The smallest absolute Gasteiger partial charge is 0.259 e. The topological polar surface area (TPSA) is 99.8 Å². The van der Waals surface area contributed by atoms with Crippen molar-refractivity contribution in [1.82, 2.24) is 15.0 Å². The molecule has 28 heavy (non-hydrogen) atoms. The van der Waals surface area contributed by atoms with Crippen LogP contribution in [0.2, 0.25) is 4.34 Å². The molecule has 0 fully saturated rings. The van der Waals surface area contributed by atoms with Gasteiger partial charge in [0, 0.05) is 18.5 Å². The van der Waals surface area contributed by atoms with E-state index in [4.69, 9.17) is 23.1 Å². The number of benzene rings is 1. The number of aryl methyl sites for hydroxylation is 2. The third kappa shape index (κ3) is 3.65. The number of amides is 1. The van der Waals surface area contributed by atoms with Gasteiger partial charge in [-0.25, -0.2) is 13.5 Å². The number of hydrogen-bond acceptors (Lipinski definition) is 5. The maximum Gasteiger partial charge on any atom is 0.259 e. The standard InChI is InChI=1S/C18H18ClF2N5OS/c1-8-15(26(2)25-24-8)14-13(16(18(23)27)28-17(14)19)10(7-22)5-9-3-4-11(20)12(21)6-9/h3-4,6,10H,5,7,22H2,1-2H3,(H2,23,27)/t10-/m1/s1. The molecule has 1 atom stereocenters. The van der Waals surface area contributed by atoms with Gasteiger partial charge < -0.3 is 11.5 Å². The van der Waals surface area contributed by atoms with Crippen LogP contribution in [0.5, 0.6) is 0 Å². The van der Waals surface area contributed by atoms with Crippen LogP contribution in [0.3, 0.4) is 0 Å². The number of nitrogens with zero attached hydrogens (tertiary/aromatic N) is 3. The van der Waals surface area contributed by atoms with E-state index in [1.54, 1.807) is 18.7 Å². The zero-order valence-corrected chi connectivity index (χ0v) is 16.7. The first-order valence-electron chi connectivity index (χ1n) is 8.37. The van der Waals surface area contributed by atoms with Gasteiger partial charge in [-0.3, -0.25) is 4.79 Å². The van der Waals surface area contributed by atoms with Gasteiger partial charge in [0.2, 0.25) is 0 Å². The lowest BCUT2D eigenvalue weighted by molar-refractivity contribution is 0.100. The summed E-state index contributed by atoms with van der Waals surface area (Å²) in [5.74, 6) is -2.91. The maximum absolute atomic E-state index is 13.6. The molecule has 0 aliphatic carbocycles. The fourth-order valence-corrected chi connectivity index (χ4v) is 4.66. The average Bonchev–Trinajstić information content (AvgIpc) is 3.15. The first-order chi connectivity index (χ1) is 13.2. The highest BCUT2D eigenvalue weighted by atomic mass is 35.5. The summed E-state index contributed by atoms with van der Waals surface area (Å²) >= 11 is 7.53. The van der Waals surface area contributed by atoms with Crippen LogP contribution in [-0.2, 0) is 13.5 Å². The summed E-state index contributed by atoms with van der Waals surface area (Å²) in [6.07, 6.45) is 0.276. The Morgan fingerprint density at radius 3 is 2.61 bits per heavy atom. The zero-order valence-electron chi connectivity index (χ0n) is 15.2. The van der Waals surface area contributed by atoms with Gasteiger partial charge in [-0.05, 0) is 43.1 Å². The summed E-state index contributed by atoms with van der Waals surface area (Å²) in [5, 5.41) is 8.03. The van der Waals surface area contributed by atoms with Crippen molar-refractivity contribution in [3.8, 4) is 11.3 Å². The van der Waals surface area contributed by atoms with Crippen LogP contribution in [0.15, 0.2) is 18.2 Å². The fraction of sp³-hybridized carbons (Fsp3) is 0.278. The number of nitrogens with two attached hydrogens (primary N) is 2. The van der Waals surface area contributed by atoms with Crippen molar-refractivity contribution in [3.05, 3.63) is 55.9 Å². The molecule has 0 spiro atoms. The lowest BCUT2D eigenvalue weighted by Gasteiger charge is -2.18. The predicted molar refractivity (Wildman–Crippen MR) is 104 cm³/mol. The second-order valence-corrected chi connectivity index (χ2v) is 8.01. The van der Waals surface area contributed by atoms with Crippen molar-refractivity contribution >= 4 is 28.8 Å². The molecule has 0 aliphatic rings.